The fraction of sp³-hybridized carbons (Fsp3) is 0.333. The van der Waals surface area contributed by atoms with Gasteiger partial charge in [-0.25, -0.2) is 0 Å². The van der Waals surface area contributed by atoms with Crippen molar-refractivity contribution in [3.63, 3.8) is 0 Å². The Morgan fingerprint density at radius 3 is 2.51 bits per heavy atom. The first kappa shape index (κ1) is 24.3. The van der Waals surface area contributed by atoms with E-state index in [0.29, 0.717) is 35.7 Å². The molecule has 1 aliphatic rings. The molecule has 0 fully saturated rings. The predicted octanol–water partition coefficient (Wildman–Crippen LogP) is 4.84. The zero-order valence-corrected chi connectivity index (χ0v) is 20.2. The molecule has 1 unspecified atom stereocenters. The minimum Gasteiger partial charge on any atom is -0.503 e. The molecule has 35 heavy (non-hydrogen) atoms. The Bertz CT molecular complexity index is 1240. The molecule has 1 aliphatic heterocycles. The van der Waals surface area contributed by atoms with Gasteiger partial charge in [0.05, 0.1) is 31.9 Å². The van der Waals surface area contributed by atoms with E-state index < -0.39 is 23.5 Å². The number of fused-ring (bicyclic) bond motifs is 1. The van der Waals surface area contributed by atoms with Crippen LogP contribution in [0.25, 0.3) is 11.0 Å². The summed E-state index contributed by atoms with van der Waals surface area (Å²) in [5, 5.41) is 11.6. The summed E-state index contributed by atoms with van der Waals surface area (Å²) in [4.78, 5) is 28.3. The summed E-state index contributed by atoms with van der Waals surface area (Å²) in [7, 11) is 3.04. The van der Waals surface area contributed by atoms with E-state index in [0.717, 1.165) is 5.39 Å². The van der Waals surface area contributed by atoms with E-state index in [1.807, 2.05) is 32.0 Å². The molecule has 1 atom stereocenters. The zero-order valence-electron chi connectivity index (χ0n) is 20.2. The molecule has 3 aromatic rings. The Kier molecular flexibility index (Phi) is 7.12. The molecule has 1 amide bonds. The number of hydrogen-bond acceptors (Lipinski definition) is 7. The number of para-hydroxylation sites is 1. The number of aliphatic hydroxyl groups excluding tert-OH is 1. The number of nitrogens with zero attached hydrogens (tertiary/aromatic N) is 1. The van der Waals surface area contributed by atoms with Crippen LogP contribution in [0.4, 0.5) is 0 Å². The lowest BCUT2D eigenvalue weighted by Crippen LogP contribution is -2.32. The van der Waals surface area contributed by atoms with E-state index in [9.17, 15) is 14.7 Å². The van der Waals surface area contributed by atoms with Gasteiger partial charge in [-0.3, -0.25) is 9.59 Å². The summed E-state index contributed by atoms with van der Waals surface area (Å²) in [5.74, 6) is -0.740. The number of carbonyl (C=O) groups excluding carboxylic acids is 2. The van der Waals surface area contributed by atoms with E-state index in [-0.39, 0.29) is 24.0 Å². The van der Waals surface area contributed by atoms with E-state index in [2.05, 4.69) is 0 Å². The van der Waals surface area contributed by atoms with Crippen molar-refractivity contribution in [3.8, 4) is 11.5 Å². The van der Waals surface area contributed by atoms with Gasteiger partial charge in [-0.05, 0) is 50.1 Å². The molecule has 2 heterocycles. The number of furan rings is 1. The van der Waals surface area contributed by atoms with Crippen molar-refractivity contribution in [2.24, 2.45) is 0 Å². The molecule has 0 aliphatic carbocycles. The van der Waals surface area contributed by atoms with Gasteiger partial charge in [0.1, 0.15) is 5.58 Å². The number of Topliss-reactive ketones (excluding diaryl/α,β-unsaturated/α-hetero) is 1. The van der Waals surface area contributed by atoms with Gasteiger partial charge in [-0.15, -0.1) is 0 Å². The maximum absolute atomic E-state index is 13.6. The van der Waals surface area contributed by atoms with Crippen LogP contribution in [0.3, 0.4) is 0 Å². The number of amides is 1. The molecule has 0 spiro atoms. The second-order valence-electron chi connectivity index (χ2n) is 8.53. The van der Waals surface area contributed by atoms with E-state index in [1.165, 1.54) is 19.1 Å². The smallest absolute Gasteiger partial charge is 0.290 e. The highest BCUT2D eigenvalue weighted by Crippen LogP contribution is 2.42. The van der Waals surface area contributed by atoms with Crippen molar-refractivity contribution in [3.05, 3.63) is 71.2 Å². The van der Waals surface area contributed by atoms with Gasteiger partial charge in [-0.2, -0.15) is 0 Å². The largest absolute Gasteiger partial charge is 0.503 e. The van der Waals surface area contributed by atoms with Gasteiger partial charge in [0.25, 0.3) is 5.91 Å². The average Bonchev–Trinajstić information content (AvgIpc) is 3.40. The Labute approximate surface area is 203 Å². The number of benzene rings is 2. The number of ether oxygens (including phenoxy) is 3. The molecule has 4 rings (SSSR count). The lowest BCUT2D eigenvalue weighted by atomic mass is 9.94. The summed E-state index contributed by atoms with van der Waals surface area (Å²) in [6.07, 6.45) is 0.593. The summed E-state index contributed by atoms with van der Waals surface area (Å²) in [6.45, 7) is 4.59. The van der Waals surface area contributed by atoms with Gasteiger partial charge in [0.15, 0.2) is 23.0 Å². The lowest BCUT2D eigenvalue weighted by Gasteiger charge is -2.27. The third kappa shape index (κ3) is 4.74. The van der Waals surface area contributed by atoms with Crippen LogP contribution in [0.2, 0.25) is 0 Å². The quantitative estimate of drug-likeness (QED) is 0.328. The summed E-state index contributed by atoms with van der Waals surface area (Å²) >= 11 is 0. The highest BCUT2D eigenvalue weighted by Gasteiger charge is 2.44. The van der Waals surface area contributed by atoms with Gasteiger partial charge >= 0.3 is 0 Å². The SMILES string of the molecule is COc1ccc(C2C(C(=O)c3cc4ccccc4o3)=C(O)C(=O)N2CCCOC(C)C)cc1OC. The number of aliphatic hydroxyl groups is 1. The molecular formula is C27H29NO7. The third-order valence-corrected chi connectivity index (χ3v) is 5.92. The van der Waals surface area contributed by atoms with E-state index in [4.69, 9.17) is 18.6 Å². The summed E-state index contributed by atoms with van der Waals surface area (Å²) < 4.78 is 22.2. The van der Waals surface area contributed by atoms with Gasteiger partial charge in [-0.1, -0.05) is 24.3 Å². The van der Waals surface area contributed by atoms with E-state index in [1.54, 1.807) is 30.3 Å². The van der Waals surface area contributed by atoms with Crippen molar-refractivity contribution < 1.29 is 33.3 Å². The van der Waals surface area contributed by atoms with Crippen molar-refractivity contribution >= 4 is 22.7 Å². The first-order valence-corrected chi connectivity index (χ1v) is 11.5. The zero-order chi connectivity index (χ0) is 25.1. The summed E-state index contributed by atoms with van der Waals surface area (Å²) in [6, 6.07) is 13.2. The van der Waals surface area contributed by atoms with Crippen LogP contribution in [-0.2, 0) is 9.53 Å². The fourth-order valence-electron chi connectivity index (χ4n) is 4.27. The molecule has 0 bridgehead atoms. The van der Waals surface area contributed by atoms with Crippen LogP contribution in [0.1, 0.15) is 42.4 Å². The van der Waals surface area contributed by atoms with Crippen LogP contribution in [0.15, 0.2) is 64.3 Å². The monoisotopic (exact) mass is 479 g/mol. The summed E-state index contributed by atoms with van der Waals surface area (Å²) in [5.41, 5.74) is 1.11. The second kappa shape index (κ2) is 10.2. The molecule has 0 saturated heterocycles. The number of carbonyl (C=O) groups is 2. The van der Waals surface area contributed by atoms with Crippen molar-refractivity contribution in [2.75, 3.05) is 27.4 Å². The maximum atomic E-state index is 13.6. The molecule has 0 radical (unpaired) electrons. The number of ketones is 1. The number of hydrogen-bond donors (Lipinski definition) is 1. The minimum absolute atomic E-state index is 0.0361. The third-order valence-electron chi connectivity index (χ3n) is 5.92. The van der Waals surface area contributed by atoms with Gasteiger partial charge in [0.2, 0.25) is 5.78 Å². The van der Waals surface area contributed by atoms with Crippen LogP contribution in [0.5, 0.6) is 11.5 Å². The minimum atomic E-state index is -0.831. The normalized spacial score (nSPS) is 16.0. The van der Waals surface area contributed by atoms with Crippen molar-refractivity contribution in [1.82, 2.24) is 4.90 Å². The Morgan fingerprint density at radius 2 is 1.83 bits per heavy atom. The number of methoxy groups -OCH3 is 2. The molecule has 0 saturated carbocycles. The molecule has 1 aromatic heterocycles. The van der Waals surface area contributed by atoms with Gasteiger partial charge < -0.3 is 28.6 Å². The Hall–Kier alpha value is -3.78. The lowest BCUT2D eigenvalue weighted by molar-refractivity contribution is -0.129. The molecule has 2 aromatic carbocycles. The highest BCUT2D eigenvalue weighted by molar-refractivity contribution is 6.16. The van der Waals surface area contributed by atoms with Crippen molar-refractivity contribution in [1.29, 1.82) is 0 Å². The first-order chi connectivity index (χ1) is 16.8. The van der Waals surface area contributed by atoms with E-state index >= 15 is 0 Å². The fourth-order valence-corrected chi connectivity index (χ4v) is 4.27. The van der Waals surface area contributed by atoms with Crippen LogP contribution >= 0.6 is 0 Å². The van der Waals surface area contributed by atoms with Crippen LogP contribution in [0, 0.1) is 0 Å². The van der Waals surface area contributed by atoms with Crippen LogP contribution < -0.4 is 9.47 Å². The molecule has 1 N–H and O–H groups in total. The molecule has 184 valence electrons. The number of rotatable bonds is 10. The molecular weight excluding hydrogens is 450 g/mol. The predicted molar refractivity (Wildman–Crippen MR) is 130 cm³/mol. The van der Waals surface area contributed by atoms with Crippen molar-refractivity contribution in [2.45, 2.75) is 32.4 Å². The topological polar surface area (TPSA) is 98.4 Å². The Morgan fingerprint density at radius 1 is 1.09 bits per heavy atom. The Balaban J connectivity index is 1.74. The van der Waals surface area contributed by atoms with Crippen LogP contribution in [-0.4, -0.2) is 55.2 Å². The van der Waals surface area contributed by atoms with Gasteiger partial charge in [0, 0.05) is 18.5 Å². The first-order valence-electron chi connectivity index (χ1n) is 11.5. The standard InChI is InChI=1S/C27H29NO7/c1-16(2)34-13-7-12-28-24(18-10-11-20(32-3)21(15-18)33-4)23(26(30)27(28)31)25(29)22-14-17-8-5-6-9-19(17)35-22/h5-6,8-11,14-16,24,30H,7,12-13H2,1-4H3. The molecule has 8 nitrogen and oxygen atoms in total. The molecule has 8 heteroatoms. The second-order valence-corrected chi connectivity index (χ2v) is 8.53. The highest BCUT2D eigenvalue weighted by atomic mass is 16.5. The maximum Gasteiger partial charge on any atom is 0.290 e. The average molecular weight is 480 g/mol.